The number of nitrogens with zero attached hydrogens (tertiary/aromatic N) is 4. The summed E-state index contributed by atoms with van der Waals surface area (Å²) >= 11 is 1.57. The Labute approximate surface area is 110 Å². The van der Waals surface area contributed by atoms with E-state index in [9.17, 15) is 0 Å². The molecule has 2 aromatic rings. The van der Waals surface area contributed by atoms with Crippen molar-refractivity contribution in [3.8, 4) is 0 Å². The van der Waals surface area contributed by atoms with Gasteiger partial charge < -0.3 is 5.73 Å². The molecule has 6 heteroatoms. The van der Waals surface area contributed by atoms with Gasteiger partial charge in [-0.15, -0.1) is 10.2 Å². The molecular formula is C12H19N5S. The van der Waals surface area contributed by atoms with Crippen molar-refractivity contribution >= 4 is 16.3 Å². The number of hydrogen-bond acceptors (Lipinski definition) is 5. The Bertz CT molecular complexity index is 540. The van der Waals surface area contributed by atoms with Crippen LogP contribution in [0, 0.1) is 5.92 Å². The van der Waals surface area contributed by atoms with Gasteiger partial charge in [0.05, 0.1) is 6.04 Å². The fourth-order valence-electron chi connectivity index (χ4n) is 2.33. The molecule has 2 N–H and O–H groups in total. The standard InChI is InChI=1S/C12H19N5S/c1-7(2)6-9(13)11-16-17-10(8-4-3-5-8)14-15-12(17)18-11/h7-9H,3-6,13H2,1-2H3. The van der Waals surface area contributed by atoms with Crippen LogP contribution in [0.2, 0.25) is 0 Å². The van der Waals surface area contributed by atoms with Gasteiger partial charge in [0.2, 0.25) is 4.96 Å². The predicted octanol–water partition coefficient (Wildman–Crippen LogP) is 2.50. The SMILES string of the molecule is CC(C)CC(N)c1nn2c(C3CCC3)nnc2s1. The van der Waals surface area contributed by atoms with Gasteiger partial charge in [-0.25, -0.2) is 0 Å². The Morgan fingerprint density at radius 1 is 1.39 bits per heavy atom. The van der Waals surface area contributed by atoms with Gasteiger partial charge in [0.1, 0.15) is 5.01 Å². The molecule has 0 radical (unpaired) electrons. The molecule has 1 saturated carbocycles. The minimum Gasteiger partial charge on any atom is -0.322 e. The Balaban J connectivity index is 1.88. The minimum atomic E-state index is 0.0194. The number of fused-ring (bicyclic) bond motifs is 1. The summed E-state index contributed by atoms with van der Waals surface area (Å²) in [4.78, 5) is 0.881. The Morgan fingerprint density at radius 3 is 2.78 bits per heavy atom. The van der Waals surface area contributed by atoms with Gasteiger partial charge in [0.15, 0.2) is 5.82 Å². The summed E-state index contributed by atoms with van der Waals surface area (Å²) < 4.78 is 1.91. The second kappa shape index (κ2) is 4.59. The minimum absolute atomic E-state index is 0.0194. The van der Waals surface area contributed by atoms with Crippen LogP contribution in [0.25, 0.3) is 4.96 Å². The number of hydrogen-bond donors (Lipinski definition) is 1. The summed E-state index contributed by atoms with van der Waals surface area (Å²) in [5, 5.41) is 14.1. The lowest BCUT2D eigenvalue weighted by molar-refractivity contribution is 0.394. The van der Waals surface area contributed by atoms with Gasteiger partial charge in [-0.2, -0.15) is 9.61 Å². The van der Waals surface area contributed by atoms with Crippen molar-refractivity contribution in [1.82, 2.24) is 19.8 Å². The first-order valence-corrected chi connectivity index (χ1v) is 7.44. The molecule has 2 heterocycles. The van der Waals surface area contributed by atoms with Crippen molar-refractivity contribution in [3.63, 3.8) is 0 Å². The monoisotopic (exact) mass is 265 g/mol. The van der Waals surface area contributed by atoms with E-state index in [4.69, 9.17) is 5.73 Å². The molecule has 0 aliphatic heterocycles. The lowest BCUT2D eigenvalue weighted by atomic mass is 9.85. The van der Waals surface area contributed by atoms with E-state index in [0.29, 0.717) is 11.8 Å². The van der Waals surface area contributed by atoms with Crippen molar-refractivity contribution < 1.29 is 0 Å². The first kappa shape index (κ1) is 12.0. The lowest BCUT2D eigenvalue weighted by Gasteiger charge is -2.22. The predicted molar refractivity (Wildman–Crippen MR) is 71.6 cm³/mol. The second-order valence-corrected chi connectivity index (χ2v) is 6.54. The lowest BCUT2D eigenvalue weighted by Crippen LogP contribution is -2.15. The van der Waals surface area contributed by atoms with Gasteiger partial charge >= 0.3 is 0 Å². The molecule has 1 aliphatic rings. The molecule has 0 bridgehead atoms. The van der Waals surface area contributed by atoms with E-state index in [1.165, 1.54) is 19.3 Å². The second-order valence-electron chi connectivity index (χ2n) is 5.56. The molecular weight excluding hydrogens is 246 g/mol. The molecule has 1 aliphatic carbocycles. The van der Waals surface area contributed by atoms with Crippen LogP contribution in [0.3, 0.4) is 0 Å². The van der Waals surface area contributed by atoms with Crippen molar-refractivity contribution in [1.29, 1.82) is 0 Å². The summed E-state index contributed by atoms with van der Waals surface area (Å²) in [6, 6.07) is 0.0194. The van der Waals surface area contributed by atoms with Crippen LogP contribution in [0.15, 0.2) is 0 Å². The highest BCUT2D eigenvalue weighted by atomic mass is 32.1. The fourth-order valence-corrected chi connectivity index (χ4v) is 3.19. The molecule has 0 amide bonds. The fraction of sp³-hybridized carbons (Fsp3) is 0.750. The number of rotatable bonds is 4. The van der Waals surface area contributed by atoms with Crippen molar-refractivity contribution in [3.05, 3.63) is 10.8 Å². The van der Waals surface area contributed by atoms with Crippen LogP contribution in [0.5, 0.6) is 0 Å². The van der Waals surface area contributed by atoms with Gasteiger partial charge in [0, 0.05) is 5.92 Å². The van der Waals surface area contributed by atoms with Gasteiger partial charge in [-0.3, -0.25) is 0 Å². The van der Waals surface area contributed by atoms with Gasteiger partial charge in [0.25, 0.3) is 0 Å². The number of aromatic nitrogens is 4. The van der Waals surface area contributed by atoms with Crippen molar-refractivity contribution in [2.24, 2.45) is 11.7 Å². The summed E-state index contributed by atoms with van der Waals surface area (Å²) in [6.07, 6.45) is 4.68. The smallest absolute Gasteiger partial charge is 0.234 e. The van der Waals surface area contributed by atoms with Crippen LogP contribution >= 0.6 is 11.3 Å². The molecule has 0 aromatic carbocycles. The van der Waals surface area contributed by atoms with Gasteiger partial charge in [-0.05, 0) is 25.2 Å². The summed E-state index contributed by atoms with van der Waals surface area (Å²) in [6.45, 7) is 4.36. The topological polar surface area (TPSA) is 69.1 Å². The zero-order valence-electron chi connectivity index (χ0n) is 10.8. The van der Waals surface area contributed by atoms with Crippen LogP contribution in [0.4, 0.5) is 0 Å². The highest BCUT2D eigenvalue weighted by Gasteiger charge is 2.26. The van der Waals surface area contributed by atoms with E-state index in [1.54, 1.807) is 11.3 Å². The molecule has 0 saturated heterocycles. The van der Waals surface area contributed by atoms with Crippen LogP contribution in [-0.4, -0.2) is 19.8 Å². The maximum Gasteiger partial charge on any atom is 0.234 e. The molecule has 1 atom stereocenters. The van der Waals surface area contributed by atoms with E-state index in [2.05, 4.69) is 29.1 Å². The maximum atomic E-state index is 6.18. The largest absolute Gasteiger partial charge is 0.322 e. The van der Waals surface area contributed by atoms with Crippen LogP contribution in [0.1, 0.15) is 62.3 Å². The Kier molecular flexibility index (Phi) is 3.07. The first-order valence-electron chi connectivity index (χ1n) is 6.62. The first-order chi connectivity index (χ1) is 8.65. The average Bonchev–Trinajstić information content (AvgIpc) is 2.76. The molecule has 1 unspecified atom stereocenters. The van der Waals surface area contributed by atoms with E-state index < -0.39 is 0 Å². The summed E-state index contributed by atoms with van der Waals surface area (Å²) in [5.41, 5.74) is 6.18. The molecule has 2 aromatic heterocycles. The van der Waals surface area contributed by atoms with E-state index >= 15 is 0 Å². The van der Waals surface area contributed by atoms with E-state index in [0.717, 1.165) is 22.2 Å². The Morgan fingerprint density at radius 2 is 2.17 bits per heavy atom. The van der Waals surface area contributed by atoms with Crippen molar-refractivity contribution in [2.75, 3.05) is 0 Å². The van der Waals surface area contributed by atoms with Crippen LogP contribution < -0.4 is 5.73 Å². The third-order valence-corrected chi connectivity index (χ3v) is 4.57. The average molecular weight is 265 g/mol. The molecule has 0 spiro atoms. The zero-order chi connectivity index (χ0) is 12.7. The quantitative estimate of drug-likeness (QED) is 0.922. The van der Waals surface area contributed by atoms with E-state index in [-0.39, 0.29) is 6.04 Å². The summed E-state index contributed by atoms with van der Waals surface area (Å²) in [7, 11) is 0. The normalized spacial score (nSPS) is 18.4. The third-order valence-electron chi connectivity index (χ3n) is 3.54. The molecule has 3 rings (SSSR count). The maximum absolute atomic E-state index is 6.18. The third kappa shape index (κ3) is 2.03. The number of nitrogens with two attached hydrogens (primary N) is 1. The Hall–Kier alpha value is -1.01. The van der Waals surface area contributed by atoms with Crippen LogP contribution in [-0.2, 0) is 0 Å². The zero-order valence-corrected chi connectivity index (χ0v) is 11.7. The highest BCUT2D eigenvalue weighted by Crippen LogP contribution is 2.36. The molecule has 98 valence electrons. The summed E-state index contributed by atoms with van der Waals surface area (Å²) in [5.74, 6) is 2.16. The molecule has 5 nitrogen and oxygen atoms in total. The highest BCUT2D eigenvalue weighted by molar-refractivity contribution is 7.16. The van der Waals surface area contributed by atoms with E-state index in [1.807, 2.05) is 4.52 Å². The molecule has 18 heavy (non-hydrogen) atoms. The van der Waals surface area contributed by atoms with Crippen molar-refractivity contribution in [2.45, 2.75) is 51.5 Å². The van der Waals surface area contributed by atoms with Gasteiger partial charge in [-0.1, -0.05) is 31.6 Å². The molecule has 1 fully saturated rings.